The fourth-order valence-corrected chi connectivity index (χ4v) is 10.6. The number of guanidine groups is 1. The number of hydrogen-bond donors (Lipinski definition) is 6. The Morgan fingerprint density at radius 1 is 1.10 bits per heavy atom. The number of aliphatic carboxylic acids is 1. The molecule has 0 heterocycles. The molecule has 0 saturated heterocycles. The van der Waals surface area contributed by atoms with Gasteiger partial charge < -0.3 is 36.8 Å². The maximum Gasteiger partial charge on any atom is 0.303 e. The molecule has 1 amide bonds. The molecular formula is C37H54F2N4O6. The Bertz CT molecular complexity index is 1440. The van der Waals surface area contributed by atoms with Gasteiger partial charge in [0.2, 0.25) is 0 Å². The number of amides is 1. The van der Waals surface area contributed by atoms with Crippen molar-refractivity contribution >= 4 is 29.6 Å². The molecule has 4 aliphatic rings. The van der Waals surface area contributed by atoms with Gasteiger partial charge >= 0.3 is 5.97 Å². The number of nitrogens with zero attached hydrogens (tertiary/aromatic N) is 1. The second-order valence-electron chi connectivity index (χ2n) is 15.7. The number of ether oxygens (including phenoxy) is 1. The van der Waals surface area contributed by atoms with Crippen LogP contribution >= 0.6 is 0 Å². The molecule has 8 N–H and O–H groups in total. The van der Waals surface area contributed by atoms with E-state index in [1.54, 1.807) is 0 Å². The molecule has 1 aromatic rings. The van der Waals surface area contributed by atoms with E-state index in [2.05, 4.69) is 31.1 Å². The Balaban J connectivity index is 1.17. The molecule has 5 rings (SSSR count). The van der Waals surface area contributed by atoms with E-state index in [1.807, 2.05) is 0 Å². The molecule has 0 unspecified atom stereocenters. The first-order valence-corrected chi connectivity index (χ1v) is 17.8. The van der Waals surface area contributed by atoms with Crippen LogP contribution in [0.4, 0.5) is 14.5 Å². The number of aliphatic imine (C=N–C) groups is 1. The van der Waals surface area contributed by atoms with Gasteiger partial charge in [-0.3, -0.25) is 9.59 Å². The minimum absolute atomic E-state index is 0.0357. The fraction of sp³-hybridized carbons (Fsp3) is 0.703. The molecule has 0 aromatic heterocycles. The molecule has 4 saturated carbocycles. The number of nitrogens with one attached hydrogen (secondary N) is 1. The lowest BCUT2D eigenvalue weighted by atomic mass is 9.43. The van der Waals surface area contributed by atoms with Gasteiger partial charge in [-0.2, -0.15) is 4.99 Å². The maximum absolute atomic E-state index is 14.8. The van der Waals surface area contributed by atoms with Crippen molar-refractivity contribution in [1.82, 2.24) is 0 Å². The van der Waals surface area contributed by atoms with E-state index in [1.165, 1.54) is 13.0 Å². The summed E-state index contributed by atoms with van der Waals surface area (Å²) in [5.74, 6) is -2.33. The Labute approximate surface area is 287 Å². The highest BCUT2D eigenvalue weighted by molar-refractivity contribution is 6.03. The van der Waals surface area contributed by atoms with Crippen LogP contribution in [-0.4, -0.2) is 64.6 Å². The van der Waals surface area contributed by atoms with Crippen LogP contribution in [-0.2, 0) is 14.3 Å². The molecule has 12 heteroatoms. The Morgan fingerprint density at radius 3 is 2.45 bits per heavy atom. The predicted octanol–water partition coefficient (Wildman–Crippen LogP) is 5.07. The third-order valence-corrected chi connectivity index (χ3v) is 13.1. The van der Waals surface area contributed by atoms with Gasteiger partial charge in [-0.15, -0.1) is 0 Å². The van der Waals surface area contributed by atoms with Crippen LogP contribution in [0.3, 0.4) is 0 Å². The second-order valence-corrected chi connectivity index (χ2v) is 15.7. The minimum Gasteiger partial charge on any atom is -0.481 e. The van der Waals surface area contributed by atoms with Crippen molar-refractivity contribution in [2.75, 3.05) is 18.5 Å². The van der Waals surface area contributed by atoms with Crippen molar-refractivity contribution in [3.63, 3.8) is 0 Å². The fourth-order valence-electron chi connectivity index (χ4n) is 10.6. The van der Waals surface area contributed by atoms with Gasteiger partial charge in [-0.25, -0.2) is 8.78 Å². The molecule has 4 aliphatic carbocycles. The normalized spacial score (nSPS) is 36.2. The van der Waals surface area contributed by atoms with Crippen molar-refractivity contribution in [2.24, 2.45) is 62.8 Å². The number of rotatable bonds is 11. The summed E-state index contributed by atoms with van der Waals surface area (Å²) < 4.78 is 35.9. The van der Waals surface area contributed by atoms with Crippen LogP contribution in [0.2, 0.25) is 0 Å². The number of fused-ring (bicyclic) bond motifs is 5. The van der Waals surface area contributed by atoms with Gasteiger partial charge in [0.15, 0.2) is 5.96 Å². The highest BCUT2D eigenvalue weighted by atomic mass is 19.1. The molecule has 4 fully saturated rings. The lowest BCUT2D eigenvalue weighted by molar-refractivity contribution is -0.209. The van der Waals surface area contributed by atoms with Crippen LogP contribution in [0.25, 0.3) is 6.08 Å². The van der Waals surface area contributed by atoms with Crippen molar-refractivity contribution in [3.8, 4) is 0 Å². The van der Waals surface area contributed by atoms with Gasteiger partial charge in [0, 0.05) is 18.5 Å². The summed E-state index contributed by atoms with van der Waals surface area (Å²) >= 11 is 0. The number of carbonyl (C=O) groups excluding carboxylic acids is 1. The van der Waals surface area contributed by atoms with E-state index >= 15 is 0 Å². The molecular weight excluding hydrogens is 634 g/mol. The van der Waals surface area contributed by atoms with Crippen molar-refractivity contribution in [1.29, 1.82) is 0 Å². The molecule has 1 aromatic carbocycles. The largest absolute Gasteiger partial charge is 0.481 e. The highest BCUT2D eigenvalue weighted by Gasteiger charge is 2.65. The number of benzene rings is 1. The number of halogens is 2. The zero-order valence-corrected chi connectivity index (χ0v) is 29.1. The minimum atomic E-state index is -0.804. The molecule has 0 radical (unpaired) electrons. The number of aliphatic hydroxyl groups excluding tert-OH is 2. The Hall–Kier alpha value is -3.09. The van der Waals surface area contributed by atoms with Crippen molar-refractivity contribution in [2.45, 2.75) is 104 Å². The van der Waals surface area contributed by atoms with E-state index in [9.17, 15) is 33.7 Å². The van der Waals surface area contributed by atoms with Gasteiger partial charge in [-0.05, 0) is 128 Å². The molecule has 10 nitrogen and oxygen atoms in total. The van der Waals surface area contributed by atoms with Crippen LogP contribution in [0.1, 0.15) is 91.0 Å². The molecule has 272 valence electrons. The quantitative estimate of drug-likeness (QED) is 0.0801. The van der Waals surface area contributed by atoms with Crippen molar-refractivity contribution in [3.05, 3.63) is 34.9 Å². The summed E-state index contributed by atoms with van der Waals surface area (Å²) in [6, 6.07) is 2.25. The zero-order chi connectivity index (χ0) is 35.8. The molecule has 0 bridgehead atoms. The standard InChI is InChI=1S/C37H54F2N4O6/c1-19(5-8-31(46)47)24-6-7-25-32-26(18-30(45)37(24,25)4)36(3)10-9-23(16-22(36)17-29(32)44)49-12-11-42-33-27(38)14-21(15-28(33)39)13-20(2)34(48)43-35(40)41/h13-15,19,22-26,29-30,32,42,44-45H,5-12,16-18H2,1-4H3,(H,46,47)(H4,40,41,43,48)/t19-,22+,23+,24-,25+,26+,29-,30+,32+,36+,37-/m1/s1. The first-order valence-electron chi connectivity index (χ1n) is 17.8. The first kappa shape index (κ1) is 37.2. The van der Waals surface area contributed by atoms with E-state index < -0.39 is 41.7 Å². The number of anilines is 1. The summed E-state index contributed by atoms with van der Waals surface area (Å²) in [4.78, 5) is 26.6. The smallest absolute Gasteiger partial charge is 0.303 e. The van der Waals surface area contributed by atoms with E-state index in [0.717, 1.165) is 44.2 Å². The molecule has 0 aliphatic heterocycles. The first-order chi connectivity index (χ1) is 23.1. The van der Waals surface area contributed by atoms with Gasteiger partial charge in [0.05, 0.1) is 24.9 Å². The van der Waals surface area contributed by atoms with Gasteiger partial charge in [-0.1, -0.05) is 20.8 Å². The average Bonchev–Trinajstić information content (AvgIpc) is 3.38. The summed E-state index contributed by atoms with van der Waals surface area (Å²) in [5.41, 5.74) is 10.1. The molecule has 49 heavy (non-hydrogen) atoms. The third-order valence-electron chi connectivity index (χ3n) is 13.1. The van der Waals surface area contributed by atoms with E-state index in [4.69, 9.17) is 16.2 Å². The number of carbonyl (C=O) groups is 2. The summed E-state index contributed by atoms with van der Waals surface area (Å²) in [5, 5.41) is 35.5. The van der Waals surface area contributed by atoms with Gasteiger partial charge in [0.1, 0.15) is 17.3 Å². The maximum atomic E-state index is 14.8. The van der Waals surface area contributed by atoms with Crippen LogP contribution < -0.4 is 16.8 Å². The van der Waals surface area contributed by atoms with Crippen molar-refractivity contribution < 1.29 is 38.4 Å². The van der Waals surface area contributed by atoms with E-state index in [0.29, 0.717) is 19.3 Å². The third kappa shape index (κ3) is 7.37. The van der Waals surface area contributed by atoms with Crippen LogP contribution in [0.15, 0.2) is 22.7 Å². The summed E-state index contributed by atoms with van der Waals surface area (Å²) in [7, 11) is 0. The second kappa shape index (κ2) is 14.6. The number of hydrogen-bond acceptors (Lipinski definition) is 6. The van der Waals surface area contributed by atoms with Crippen LogP contribution in [0.5, 0.6) is 0 Å². The Morgan fingerprint density at radius 2 is 1.80 bits per heavy atom. The lowest BCUT2D eigenvalue weighted by Crippen LogP contribution is -2.62. The zero-order valence-electron chi connectivity index (χ0n) is 29.1. The van der Waals surface area contributed by atoms with Gasteiger partial charge in [0.25, 0.3) is 5.91 Å². The number of carboxylic acids is 1. The van der Waals surface area contributed by atoms with Crippen LogP contribution in [0, 0.1) is 58.0 Å². The Kier molecular flexibility index (Phi) is 11.1. The number of carboxylic acid groups (broad SMARTS) is 1. The topological polar surface area (TPSA) is 180 Å². The highest BCUT2D eigenvalue weighted by Crippen LogP contribution is 2.68. The summed E-state index contributed by atoms with van der Waals surface area (Å²) in [6.45, 7) is 8.53. The number of aliphatic hydroxyl groups is 2. The van der Waals surface area contributed by atoms with E-state index in [-0.39, 0.29) is 88.8 Å². The summed E-state index contributed by atoms with van der Waals surface area (Å²) in [6.07, 6.45) is 6.81. The average molecular weight is 689 g/mol. The number of nitrogens with two attached hydrogens (primary N) is 2. The molecule has 11 atom stereocenters. The lowest BCUT2D eigenvalue weighted by Gasteiger charge is -2.63. The predicted molar refractivity (Wildman–Crippen MR) is 183 cm³/mol. The molecule has 0 spiro atoms. The monoisotopic (exact) mass is 688 g/mol. The SMILES string of the molecule is CC(=Cc1cc(F)c(NCCO[C@H]2CC[C@@]3(C)[C@@H](C2)C[C@@H](O)[C@@H]2[C@@H]3C[C@H](O)[C@]3(C)[C@@H]([C@H](C)CCC(=O)O)CC[C@@H]23)c(F)c1)C(=O)N=C(N)N.